The van der Waals surface area contributed by atoms with E-state index in [1.54, 1.807) is 29.3 Å². The van der Waals surface area contributed by atoms with Crippen LogP contribution in [0.1, 0.15) is 11.1 Å². The van der Waals surface area contributed by atoms with Gasteiger partial charge >= 0.3 is 6.18 Å². The van der Waals surface area contributed by atoms with Gasteiger partial charge in [0.05, 0.1) is 29.8 Å². The van der Waals surface area contributed by atoms with Gasteiger partial charge in [-0.15, -0.1) is 0 Å². The van der Waals surface area contributed by atoms with Crippen LogP contribution in [0.25, 0.3) is 11.3 Å². The van der Waals surface area contributed by atoms with Crippen molar-refractivity contribution in [1.29, 1.82) is 0 Å². The molecule has 4 rings (SSSR count). The lowest BCUT2D eigenvalue weighted by atomic mass is 10.1. The Morgan fingerprint density at radius 3 is 2.52 bits per heavy atom. The van der Waals surface area contributed by atoms with Crippen molar-refractivity contribution in [1.82, 2.24) is 24.6 Å². The van der Waals surface area contributed by atoms with Crippen molar-refractivity contribution < 1.29 is 13.2 Å². The molecule has 1 aliphatic heterocycles. The van der Waals surface area contributed by atoms with Gasteiger partial charge in [-0.05, 0) is 11.6 Å². The van der Waals surface area contributed by atoms with Crippen molar-refractivity contribution in [2.45, 2.75) is 12.7 Å². The van der Waals surface area contributed by atoms with Crippen molar-refractivity contribution in [3.05, 3.63) is 60.2 Å². The number of hydrogen-bond acceptors (Lipinski definition) is 5. The lowest BCUT2D eigenvalue weighted by Gasteiger charge is -2.35. The Hall–Kier alpha value is -2.94. The largest absolute Gasteiger partial charge is 0.416 e. The number of piperazine rings is 1. The Morgan fingerprint density at radius 2 is 1.83 bits per heavy atom. The SMILES string of the molecule is Cn1cc(-c2cncc(N3CCN(Cc4cccc(C(F)(F)F)c4)CC3)n2)cn1. The van der Waals surface area contributed by atoms with Crippen molar-refractivity contribution in [2.24, 2.45) is 7.05 Å². The summed E-state index contributed by atoms with van der Waals surface area (Å²) >= 11 is 0. The van der Waals surface area contributed by atoms with E-state index >= 15 is 0 Å². The minimum atomic E-state index is -4.31. The van der Waals surface area contributed by atoms with E-state index in [4.69, 9.17) is 4.98 Å². The highest BCUT2D eigenvalue weighted by atomic mass is 19.4. The smallest absolute Gasteiger partial charge is 0.353 e. The third-order valence-electron chi connectivity index (χ3n) is 4.98. The Bertz CT molecular complexity index is 976. The number of hydrogen-bond donors (Lipinski definition) is 0. The summed E-state index contributed by atoms with van der Waals surface area (Å²) in [5.74, 6) is 0.796. The maximum Gasteiger partial charge on any atom is 0.416 e. The molecule has 152 valence electrons. The average Bonchev–Trinajstić information content (AvgIpc) is 3.15. The van der Waals surface area contributed by atoms with E-state index in [-0.39, 0.29) is 0 Å². The minimum absolute atomic E-state index is 0.499. The van der Waals surface area contributed by atoms with Crippen molar-refractivity contribution in [3.8, 4) is 11.3 Å². The summed E-state index contributed by atoms with van der Waals surface area (Å²) in [4.78, 5) is 13.3. The van der Waals surface area contributed by atoms with Gasteiger partial charge in [-0.3, -0.25) is 14.6 Å². The number of halogens is 3. The Morgan fingerprint density at radius 1 is 1.03 bits per heavy atom. The summed E-state index contributed by atoms with van der Waals surface area (Å²) < 4.78 is 40.4. The first-order chi connectivity index (χ1) is 13.9. The summed E-state index contributed by atoms with van der Waals surface area (Å²) in [6.45, 7) is 3.47. The van der Waals surface area contributed by atoms with E-state index in [1.807, 2.05) is 13.2 Å². The fraction of sp³-hybridized carbons (Fsp3) is 0.350. The molecule has 1 aliphatic rings. The van der Waals surface area contributed by atoms with Crippen LogP contribution in [0.4, 0.5) is 19.0 Å². The van der Waals surface area contributed by atoms with Crippen LogP contribution in [-0.2, 0) is 19.8 Å². The number of aromatic nitrogens is 4. The Kier molecular flexibility index (Phi) is 5.23. The number of aryl methyl sites for hydroxylation is 1. The number of benzene rings is 1. The van der Waals surface area contributed by atoms with Crippen LogP contribution in [0.5, 0.6) is 0 Å². The monoisotopic (exact) mass is 402 g/mol. The molecular formula is C20H21F3N6. The molecule has 9 heteroatoms. The van der Waals surface area contributed by atoms with Gasteiger partial charge in [-0.2, -0.15) is 18.3 Å². The minimum Gasteiger partial charge on any atom is -0.353 e. The van der Waals surface area contributed by atoms with Crippen LogP contribution in [0.15, 0.2) is 49.1 Å². The van der Waals surface area contributed by atoms with E-state index in [0.717, 1.165) is 49.3 Å². The molecule has 0 N–H and O–H groups in total. The van der Waals surface area contributed by atoms with Gasteiger partial charge in [0.15, 0.2) is 0 Å². The van der Waals surface area contributed by atoms with Gasteiger partial charge < -0.3 is 4.90 Å². The van der Waals surface area contributed by atoms with Crippen LogP contribution in [0.2, 0.25) is 0 Å². The Labute approximate surface area is 166 Å². The first-order valence-electron chi connectivity index (χ1n) is 9.33. The molecule has 0 radical (unpaired) electrons. The maximum atomic E-state index is 12.9. The molecule has 0 unspecified atom stereocenters. The normalized spacial score (nSPS) is 15.7. The fourth-order valence-electron chi connectivity index (χ4n) is 3.44. The molecule has 0 atom stereocenters. The molecule has 3 aromatic rings. The van der Waals surface area contributed by atoms with Crippen LogP contribution >= 0.6 is 0 Å². The first kappa shape index (κ1) is 19.4. The number of anilines is 1. The second-order valence-electron chi connectivity index (χ2n) is 7.13. The molecule has 0 saturated carbocycles. The molecule has 1 fully saturated rings. The van der Waals surface area contributed by atoms with E-state index in [2.05, 4.69) is 19.9 Å². The lowest BCUT2D eigenvalue weighted by molar-refractivity contribution is -0.137. The molecule has 0 bridgehead atoms. The molecule has 6 nitrogen and oxygen atoms in total. The predicted octanol–water partition coefficient (Wildman–Crippen LogP) is 3.22. The second-order valence-corrected chi connectivity index (χ2v) is 7.13. The molecule has 1 saturated heterocycles. The van der Waals surface area contributed by atoms with E-state index in [0.29, 0.717) is 12.1 Å². The molecule has 2 aromatic heterocycles. The highest BCUT2D eigenvalue weighted by Crippen LogP contribution is 2.30. The highest BCUT2D eigenvalue weighted by molar-refractivity contribution is 5.58. The average molecular weight is 402 g/mol. The summed E-state index contributed by atoms with van der Waals surface area (Å²) in [5, 5.41) is 4.16. The number of alkyl halides is 3. The highest BCUT2D eigenvalue weighted by Gasteiger charge is 2.30. The fourth-order valence-corrected chi connectivity index (χ4v) is 3.44. The molecule has 1 aromatic carbocycles. The van der Waals surface area contributed by atoms with Crippen LogP contribution in [0.3, 0.4) is 0 Å². The standard InChI is InChI=1S/C20H21F3N6/c1-27-14-16(10-25-27)18-11-24-12-19(26-18)29-7-5-28(6-8-29)13-15-3-2-4-17(9-15)20(21,22)23/h2-4,9-12,14H,5-8,13H2,1H3. The summed E-state index contributed by atoms with van der Waals surface area (Å²) in [5.41, 5.74) is 1.75. The summed E-state index contributed by atoms with van der Waals surface area (Å²) in [7, 11) is 1.85. The molecule has 3 heterocycles. The van der Waals surface area contributed by atoms with Crippen molar-refractivity contribution in [2.75, 3.05) is 31.1 Å². The number of rotatable bonds is 4. The predicted molar refractivity (Wildman–Crippen MR) is 103 cm³/mol. The quantitative estimate of drug-likeness (QED) is 0.671. The van der Waals surface area contributed by atoms with Crippen LogP contribution in [0, 0.1) is 0 Å². The third kappa shape index (κ3) is 4.56. The van der Waals surface area contributed by atoms with Gasteiger partial charge in [0.25, 0.3) is 0 Å². The Balaban J connectivity index is 1.39. The van der Waals surface area contributed by atoms with Crippen LogP contribution < -0.4 is 4.90 Å². The summed E-state index contributed by atoms with van der Waals surface area (Å²) in [6.07, 6.45) is 2.78. The van der Waals surface area contributed by atoms with E-state index in [9.17, 15) is 13.2 Å². The van der Waals surface area contributed by atoms with E-state index in [1.165, 1.54) is 12.1 Å². The second kappa shape index (κ2) is 7.82. The van der Waals surface area contributed by atoms with Gasteiger partial charge in [0.1, 0.15) is 5.82 Å². The molecule has 0 aliphatic carbocycles. The zero-order valence-corrected chi connectivity index (χ0v) is 16.0. The lowest BCUT2D eigenvalue weighted by Crippen LogP contribution is -2.46. The molecular weight excluding hydrogens is 381 g/mol. The van der Waals surface area contributed by atoms with Gasteiger partial charge in [-0.1, -0.05) is 18.2 Å². The van der Waals surface area contributed by atoms with Gasteiger partial charge in [0, 0.05) is 51.5 Å². The van der Waals surface area contributed by atoms with Gasteiger partial charge in [0.2, 0.25) is 0 Å². The third-order valence-corrected chi connectivity index (χ3v) is 4.98. The number of nitrogens with zero attached hydrogens (tertiary/aromatic N) is 6. The maximum absolute atomic E-state index is 12.9. The van der Waals surface area contributed by atoms with E-state index < -0.39 is 11.7 Å². The molecule has 29 heavy (non-hydrogen) atoms. The first-order valence-corrected chi connectivity index (χ1v) is 9.33. The molecule has 0 amide bonds. The molecule has 0 spiro atoms. The topological polar surface area (TPSA) is 50.1 Å². The van der Waals surface area contributed by atoms with Crippen molar-refractivity contribution >= 4 is 5.82 Å². The van der Waals surface area contributed by atoms with Crippen LogP contribution in [-0.4, -0.2) is 50.8 Å². The zero-order chi connectivity index (χ0) is 20.4. The van der Waals surface area contributed by atoms with Crippen molar-refractivity contribution in [3.63, 3.8) is 0 Å². The van der Waals surface area contributed by atoms with Gasteiger partial charge in [-0.25, -0.2) is 4.98 Å². The zero-order valence-electron chi connectivity index (χ0n) is 16.0. The summed E-state index contributed by atoms with van der Waals surface area (Å²) in [6, 6.07) is 5.54.